The molecule has 0 saturated carbocycles. The lowest BCUT2D eigenvalue weighted by Crippen LogP contribution is -2.17. The summed E-state index contributed by atoms with van der Waals surface area (Å²) in [5.41, 5.74) is 10.8. The van der Waals surface area contributed by atoms with E-state index in [1.807, 2.05) is 6.92 Å². The monoisotopic (exact) mass is 292 g/mol. The molecule has 20 heavy (non-hydrogen) atoms. The molecule has 0 aliphatic heterocycles. The molecule has 2 aromatic heterocycles. The first kappa shape index (κ1) is 14.3. The minimum Gasteiger partial charge on any atom is -0.384 e. The summed E-state index contributed by atoms with van der Waals surface area (Å²) in [6.07, 6.45) is 0.706. The number of aromatic amines is 1. The third-order valence-corrected chi connectivity index (χ3v) is 3.63. The maximum Gasteiger partial charge on any atom is 0.204 e. The van der Waals surface area contributed by atoms with Crippen LogP contribution in [0.4, 0.5) is 5.82 Å². The highest BCUT2D eigenvalue weighted by Gasteiger charge is 2.11. The summed E-state index contributed by atoms with van der Waals surface area (Å²) in [6, 6.07) is 1.74. The first-order valence-corrected chi connectivity index (χ1v) is 7.05. The zero-order valence-electron chi connectivity index (χ0n) is 11.3. The molecule has 0 fully saturated rings. The number of nitrogen functional groups attached to an aromatic ring is 1. The fourth-order valence-electron chi connectivity index (χ4n) is 1.66. The number of nitrogens with zero attached hydrogens (tertiary/aromatic N) is 4. The molecule has 106 valence electrons. The Morgan fingerprint density at radius 3 is 3.05 bits per heavy atom. The Morgan fingerprint density at radius 1 is 1.55 bits per heavy atom. The number of hydrogen-bond acceptors (Lipinski definition) is 8. The second kappa shape index (κ2) is 6.33. The summed E-state index contributed by atoms with van der Waals surface area (Å²) >= 11 is 1.47. The van der Waals surface area contributed by atoms with Crippen molar-refractivity contribution in [3.63, 3.8) is 0 Å². The lowest BCUT2D eigenvalue weighted by atomic mass is 10.2. The van der Waals surface area contributed by atoms with Crippen LogP contribution in [0.1, 0.15) is 13.3 Å². The van der Waals surface area contributed by atoms with Crippen LogP contribution in [-0.2, 0) is 0 Å². The molecule has 2 heterocycles. The van der Waals surface area contributed by atoms with Gasteiger partial charge in [0.1, 0.15) is 11.3 Å². The van der Waals surface area contributed by atoms with Gasteiger partial charge in [-0.2, -0.15) is 15.4 Å². The summed E-state index contributed by atoms with van der Waals surface area (Å²) in [6.45, 7) is 1.97. The molecular formula is C11H16N8S. The molecule has 8 nitrogen and oxygen atoms in total. The van der Waals surface area contributed by atoms with Crippen molar-refractivity contribution in [1.82, 2.24) is 25.8 Å². The molecule has 0 aliphatic rings. The largest absolute Gasteiger partial charge is 0.384 e. The van der Waals surface area contributed by atoms with Crippen molar-refractivity contribution in [3.05, 3.63) is 6.07 Å². The molecule has 0 bridgehead atoms. The van der Waals surface area contributed by atoms with Crippen LogP contribution < -0.4 is 11.2 Å². The second-order valence-corrected chi connectivity index (χ2v) is 4.96. The number of pyridine rings is 1. The Morgan fingerprint density at radius 2 is 2.35 bits per heavy atom. The van der Waals surface area contributed by atoms with Crippen LogP contribution in [0.15, 0.2) is 16.1 Å². The van der Waals surface area contributed by atoms with Crippen LogP contribution >= 0.6 is 11.8 Å². The van der Waals surface area contributed by atoms with Crippen LogP contribution in [0.3, 0.4) is 0 Å². The third-order valence-electron chi connectivity index (χ3n) is 2.58. The Balaban J connectivity index is 2.15. The van der Waals surface area contributed by atoms with E-state index >= 15 is 0 Å². The van der Waals surface area contributed by atoms with E-state index in [4.69, 9.17) is 11.1 Å². The van der Waals surface area contributed by atoms with Crippen molar-refractivity contribution < 1.29 is 0 Å². The fraction of sp³-hybridized carbons (Fsp3) is 0.364. The van der Waals surface area contributed by atoms with E-state index in [1.165, 1.54) is 11.8 Å². The van der Waals surface area contributed by atoms with E-state index in [1.54, 1.807) is 13.1 Å². The standard InChI is InChI=1S/C11H16N8S/c1-3-7(16-14-2)6(12)5-20-8-4-9(13)15-11-10(8)17-19-18-11/h4,12,14H,3,5H2,1-2H3,(H3,13,15,17,18,19)/b12-6?,16-7-. The van der Waals surface area contributed by atoms with Crippen molar-refractivity contribution in [2.24, 2.45) is 5.10 Å². The average Bonchev–Trinajstić information content (AvgIpc) is 2.89. The number of thioether (sulfide) groups is 1. The number of aromatic nitrogens is 4. The Kier molecular flexibility index (Phi) is 4.51. The second-order valence-electron chi connectivity index (χ2n) is 3.94. The lowest BCUT2D eigenvalue weighted by molar-refractivity contribution is 0.896. The van der Waals surface area contributed by atoms with E-state index < -0.39 is 0 Å². The van der Waals surface area contributed by atoms with Crippen LogP contribution in [0, 0.1) is 5.41 Å². The van der Waals surface area contributed by atoms with E-state index in [9.17, 15) is 0 Å². The van der Waals surface area contributed by atoms with Gasteiger partial charge in [0.2, 0.25) is 5.65 Å². The van der Waals surface area contributed by atoms with E-state index in [-0.39, 0.29) is 0 Å². The Bertz CT molecular complexity index is 647. The minimum atomic E-state index is 0.389. The number of hydrazone groups is 1. The molecule has 2 rings (SSSR count). The first-order chi connectivity index (χ1) is 9.65. The highest BCUT2D eigenvalue weighted by molar-refractivity contribution is 8.00. The van der Waals surface area contributed by atoms with Gasteiger partial charge in [-0.15, -0.1) is 16.9 Å². The third kappa shape index (κ3) is 3.05. The molecule has 0 aromatic carbocycles. The quantitative estimate of drug-likeness (QED) is 0.357. The van der Waals surface area contributed by atoms with Gasteiger partial charge >= 0.3 is 0 Å². The van der Waals surface area contributed by atoms with Gasteiger partial charge < -0.3 is 16.6 Å². The summed E-state index contributed by atoms with van der Waals surface area (Å²) in [5, 5.41) is 22.6. The number of anilines is 1. The minimum absolute atomic E-state index is 0.389. The fourth-order valence-corrected chi connectivity index (χ4v) is 2.61. The summed E-state index contributed by atoms with van der Waals surface area (Å²) in [7, 11) is 1.72. The SMILES string of the molecule is CC/C(=N/NC)C(=N)CSc1cc(N)nc2n[nH]nc12. The smallest absolute Gasteiger partial charge is 0.204 e. The Hall–Kier alpha value is -2.16. The van der Waals surface area contributed by atoms with Crippen molar-refractivity contribution >= 4 is 40.2 Å². The van der Waals surface area contributed by atoms with Gasteiger partial charge in [0.25, 0.3) is 0 Å². The molecule has 5 N–H and O–H groups in total. The maximum atomic E-state index is 8.04. The van der Waals surface area contributed by atoms with Crippen molar-refractivity contribution in [2.45, 2.75) is 18.2 Å². The Labute approximate surface area is 120 Å². The van der Waals surface area contributed by atoms with E-state index in [0.717, 1.165) is 10.6 Å². The molecule has 0 amide bonds. The van der Waals surface area contributed by atoms with E-state index in [0.29, 0.717) is 34.9 Å². The van der Waals surface area contributed by atoms with E-state index in [2.05, 4.69) is 30.9 Å². The molecule has 0 unspecified atom stereocenters. The number of nitrogens with one attached hydrogen (secondary N) is 3. The summed E-state index contributed by atoms with van der Waals surface area (Å²) in [4.78, 5) is 4.93. The molecule has 9 heteroatoms. The zero-order valence-corrected chi connectivity index (χ0v) is 12.1. The van der Waals surface area contributed by atoms with Crippen molar-refractivity contribution in [2.75, 3.05) is 18.5 Å². The molecule has 0 spiro atoms. The topological polar surface area (TPSA) is 129 Å². The van der Waals surface area contributed by atoms with Crippen molar-refractivity contribution in [3.8, 4) is 0 Å². The summed E-state index contributed by atoms with van der Waals surface area (Å²) in [5.74, 6) is 0.875. The molecule has 0 aliphatic carbocycles. The average molecular weight is 292 g/mol. The van der Waals surface area contributed by atoms with Crippen LogP contribution in [0.25, 0.3) is 11.2 Å². The maximum absolute atomic E-state index is 8.04. The normalized spacial score (nSPS) is 11.8. The first-order valence-electron chi connectivity index (χ1n) is 6.06. The number of rotatable bonds is 6. The lowest BCUT2D eigenvalue weighted by Gasteiger charge is -2.06. The number of H-pyrrole nitrogens is 1. The van der Waals surface area contributed by atoms with Gasteiger partial charge in [-0.1, -0.05) is 6.92 Å². The van der Waals surface area contributed by atoms with Crippen LogP contribution in [-0.4, -0.2) is 44.6 Å². The molecule has 0 saturated heterocycles. The van der Waals surface area contributed by atoms with Gasteiger partial charge in [-0.05, 0) is 12.5 Å². The predicted molar refractivity (Wildman–Crippen MR) is 81.3 cm³/mol. The highest BCUT2D eigenvalue weighted by atomic mass is 32.2. The predicted octanol–water partition coefficient (Wildman–Crippen LogP) is 1.03. The van der Waals surface area contributed by atoms with Gasteiger partial charge in [0, 0.05) is 17.7 Å². The molecule has 2 aromatic rings. The zero-order chi connectivity index (χ0) is 14.5. The van der Waals surface area contributed by atoms with Gasteiger partial charge in [-0.25, -0.2) is 4.98 Å². The van der Waals surface area contributed by atoms with Crippen LogP contribution in [0.2, 0.25) is 0 Å². The number of nitrogens with two attached hydrogens (primary N) is 1. The van der Waals surface area contributed by atoms with Gasteiger partial charge in [-0.3, -0.25) is 0 Å². The molecular weight excluding hydrogens is 276 g/mol. The van der Waals surface area contributed by atoms with Gasteiger partial charge in [0.05, 0.1) is 11.4 Å². The molecule has 0 atom stereocenters. The van der Waals surface area contributed by atoms with Crippen molar-refractivity contribution in [1.29, 1.82) is 5.41 Å². The highest BCUT2D eigenvalue weighted by Crippen LogP contribution is 2.26. The number of hydrogen-bond donors (Lipinski definition) is 4. The van der Waals surface area contributed by atoms with Crippen LogP contribution in [0.5, 0.6) is 0 Å². The molecule has 0 radical (unpaired) electrons. The number of fused-ring (bicyclic) bond motifs is 1. The van der Waals surface area contributed by atoms with Gasteiger partial charge in [0.15, 0.2) is 0 Å². The summed E-state index contributed by atoms with van der Waals surface area (Å²) < 4.78 is 0.